The maximum absolute atomic E-state index is 13.2. The number of benzene rings is 1. The molecule has 1 atom stereocenters. The van der Waals surface area contributed by atoms with Crippen LogP contribution in [0.25, 0.3) is 0 Å². The molecule has 170 valence electrons. The highest BCUT2D eigenvalue weighted by Crippen LogP contribution is 2.35. The predicted octanol–water partition coefficient (Wildman–Crippen LogP) is 3.11. The lowest BCUT2D eigenvalue weighted by Crippen LogP contribution is -2.53. The van der Waals surface area contributed by atoms with Crippen molar-refractivity contribution in [2.24, 2.45) is 0 Å². The molecule has 0 saturated carbocycles. The fourth-order valence-electron chi connectivity index (χ4n) is 3.46. The summed E-state index contributed by atoms with van der Waals surface area (Å²) in [6.45, 7) is 5.85. The molecule has 0 radical (unpaired) electrons. The van der Waals surface area contributed by atoms with Gasteiger partial charge in [0.05, 0.1) is 18.8 Å². The minimum absolute atomic E-state index is 0.103. The Morgan fingerprint density at radius 1 is 1.12 bits per heavy atom. The summed E-state index contributed by atoms with van der Waals surface area (Å²) >= 11 is 0.944. The van der Waals surface area contributed by atoms with Gasteiger partial charge in [0.15, 0.2) is 0 Å². The largest absolute Gasteiger partial charge is 0.462 e. The lowest BCUT2D eigenvalue weighted by molar-refractivity contribution is -0.127. The number of nitrogens with one attached hydrogen (secondary N) is 2. The van der Waals surface area contributed by atoms with E-state index in [4.69, 9.17) is 9.47 Å². The van der Waals surface area contributed by atoms with Crippen molar-refractivity contribution < 1.29 is 28.7 Å². The normalized spacial score (nSPS) is 15.7. The van der Waals surface area contributed by atoms with E-state index >= 15 is 0 Å². The molecule has 2 heterocycles. The number of amides is 3. The van der Waals surface area contributed by atoms with Gasteiger partial charge in [0.1, 0.15) is 15.9 Å². The molecule has 3 amide bonds. The highest BCUT2D eigenvalue weighted by molar-refractivity contribution is 7.18. The molecule has 0 spiro atoms. The Morgan fingerprint density at radius 2 is 1.78 bits per heavy atom. The van der Waals surface area contributed by atoms with E-state index in [1.807, 2.05) is 6.07 Å². The van der Waals surface area contributed by atoms with Gasteiger partial charge in [-0.1, -0.05) is 30.3 Å². The zero-order valence-corrected chi connectivity index (χ0v) is 18.9. The SMILES string of the molecule is CCOC(=O)c1sc(NC(=O)N2CCNC(=O)[C@@H]2c2ccccc2)c(C(=O)OCC)c1C. The second-order valence-electron chi connectivity index (χ2n) is 6.93. The van der Waals surface area contributed by atoms with Gasteiger partial charge in [0.2, 0.25) is 5.91 Å². The highest BCUT2D eigenvalue weighted by atomic mass is 32.1. The quantitative estimate of drug-likeness (QED) is 0.642. The molecule has 1 aromatic carbocycles. The van der Waals surface area contributed by atoms with Crippen LogP contribution in [0.5, 0.6) is 0 Å². The number of nitrogens with zero attached hydrogens (tertiary/aromatic N) is 1. The van der Waals surface area contributed by atoms with Crippen LogP contribution in [-0.2, 0) is 14.3 Å². The van der Waals surface area contributed by atoms with Crippen molar-refractivity contribution >= 4 is 40.2 Å². The number of carbonyl (C=O) groups excluding carboxylic acids is 4. The van der Waals surface area contributed by atoms with Gasteiger partial charge in [-0.15, -0.1) is 11.3 Å². The van der Waals surface area contributed by atoms with Crippen molar-refractivity contribution in [3.05, 3.63) is 51.9 Å². The van der Waals surface area contributed by atoms with Crippen LogP contribution >= 0.6 is 11.3 Å². The van der Waals surface area contributed by atoms with Gasteiger partial charge in [-0.25, -0.2) is 14.4 Å². The zero-order chi connectivity index (χ0) is 23.3. The van der Waals surface area contributed by atoms with Gasteiger partial charge in [0.25, 0.3) is 0 Å². The number of anilines is 1. The number of carbonyl (C=O) groups is 4. The predicted molar refractivity (Wildman–Crippen MR) is 119 cm³/mol. The number of hydrogen-bond acceptors (Lipinski definition) is 7. The van der Waals surface area contributed by atoms with Crippen LogP contribution in [0.4, 0.5) is 9.80 Å². The maximum Gasteiger partial charge on any atom is 0.348 e. The number of esters is 2. The second kappa shape index (κ2) is 10.3. The molecule has 2 N–H and O–H groups in total. The van der Waals surface area contributed by atoms with Crippen molar-refractivity contribution in [1.29, 1.82) is 0 Å². The molecule has 1 aliphatic heterocycles. The first-order chi connectivity index (χ1) is 15.4. The van der Waals surface area contributed by atoms with E-state index in [0.717, 1.165) is 11.3 Å². The summed E-state index contributed by atoms with van der Waals surface area (Å²) < 4.78 is 10.2. The Hall–Kier alpha value is -3.40. The van der Waals surface area contributed by atoms with Crippen LogP contribution < -0.4 is 10.6 Å². The van der Waals surface area contributed by atoms with Crippen molar-refractivity contribution in [1.82, 2.24) is 10.2 Å². The number of hydrogen-bond donors (Lipinski definition) is 2. The van der Waals surface area contributed by atoms with E-state index in [-0.39, 0.29) is 41.1 Å². The number of urea groups is 1. The molecule has 1 fully saturated rings. The Labute approximate surface area is 189 Å². The molecular formula is C22H25N3O6S. The summed E-state index contributed by atoms with van der Waals surface area (Å²) in [5.74, 6) is -1.53. The highest BCUT2D eigenvalue weighted by Gasteiger charge is 2.36. The minimum Gasteiger partial charge on any atom is -0.462 e. The Kier molecular flexibility index (Phi) is 7.47. The summed E-state index contributed by atoms with van der Waals surface area (Å²) in [7, 11) is 0. The van der Waals surface area contributed by atoms with Crippen LogP contribution in [0.2, 0.25) is 0 Å². The third-order valence-electron chi connectivity index (χ3n) is 4.90. The number of thiophene rings is 1. The smallest absolute Gasteiger partial charge is 0.348 e. The molecule has 2 aromatic rings. The molecule has 1 aromatic heterocycles. The summed E-state index contributed by atoms with van der Waals surface area (Å²) in [4.78, 5) is 52.3. The Balaban J connectivity index is 1.94. The lowest BCUT2D eigenvalue weighted by atomic mass is 10.0. The average molecular weight is 460 g/mol. The van der Waals surface area contributed by atoms with Crippen molar-refractivity contribution in [3.63, 3.8) is 0 Å². The molecule has 0 unspecified atom stereocenters. The van der Waals surface area contributed by atoms with E-state index in [1.54, 1.807) is 45.0 Å². The van der Waals surface area contributed by atoms with E-state index in [0.29, 0.717) is 17.7 Å². The number of rotatable bonds is 6. The van der Waals surface area contributed by atoms with Gasteiger partial charge in [-0.3, -0.25) is 10.1 Å². The molecule has 9 nitrogen and oxygen atoms in total. The fraction of sp³-hybridized carbons (Fsp3) is 0.364. The summed E-state index contributed by atoms with van der Waals surface area (Å²) in [6, 6.07) is 7.58. The fourth-order valence-corrected chi connectivity index (χ4v) is 4.54. The van der Waals surface area contributed by atoms with Crippen LogP contribution in [0.15, 0.2) is 30.3 Å². The van der Waals surface area contributed by atoms with Gasteiger partial charge >= 0.3 is 18.0 Å². The molecule has 1 aliphatic rings. The zero-order valence-electron chi connectivity index (χ0n) is 18.1. The first kappa shape index (κ1) is 23.3. The first-order valence-corrected chi connectivity index (χ1v) is 11.1. The molecule has 32 heavy (non-hydrogen) atoms. The lowest BCUT2D eigenvalue weighted by Gasteiger charge is -2.35. The van der Waals surface area contributed by atoms with Crippen molar-refractivity contribution in [2.45, 2.75) is 26.8 Å². The third-order valence-corrected chi connectivity index (χ3v) is 6.08. The summed E-state index contributed by atoms with van der Waals surface area (Å²) in [6.07, 6.45) is 0. The summed E-state index contributed by atoms with van der Waals surface area (Å²) in [5, 5.41) is 5.66. The van der Waals surface area contributed by atoms with Crippen molar-refractivity contribution in [3.8, 4) is 0 Å². The van der Waals surface area contributed by atoms with E-state index in [9.17, 15) is 19.2 Å². The molecule has 3 rings (SSSR count). The molecule has 1 saturated heterocycles. The monoisotopic (exact) mass is 459 g/mol. The summed E-state index contributed by atoms with van der Waals surface area (Å²) in [5.41, 5.74) is 1.14. The van der Waals surface area contributed by atoms with Gasteiger partial charge in [0, 0.05) is 13.1 Å². The first-order valence-electron chi connectivity index (χ1n) is 10.3. The van der Waals surface area contributed by atoms with Crippen LogP contribution in [0.1, 0.15) is 51.0 Å². The Morgan fingerprint density at radius 3 is 2.44 bits per heavy atom. The van der Waals surface area contributed by atoms with E-state index in [1.165, 1.54) is 4.90 Å². The standard InChI is InChI=1S/C22H25N3O6S/c1-4-30-20(27)15-13(3)17(21(28)31-5-2)32-19(15)24-22(29)25-12-11-23-18(26)16(25)14-9-7-6-8-10-14/h6-10,16H,4-5,11-12H2,1-3H3,(H,23,26)(H,24,29)/t16-/m0/s1. The Bertz CT molecular complexity index is 1020. The van der Waals surface area contributed by atoms with Crippen LogP contribution in [0.3, 0.4) is 0 Å². The molecular weight excluding hydrogens is 434 g/mol. The van der Waals surface area contributed by atoms with Crippen LogP contribution in [-0.4, -0.2) is 55.1 Å². The molecule has 0 aliphatic carbocycles. The second-order valence-corrected chi connectivity index (χ2v) is 7.95. The van der Waals surface area contributed by atoms with E-state index in [2.05, 4.69) is 10.6 Å². The number of ether oxygens (including phenoxy) is 2. The third kappa shape index (κ3) is 4.75. The number of piperazine rings is 1. The molecule has 0 bridgehead atoms. The maximum atomic E-state index is 13.2. The average Bonchev–Trinajstić information content (AvgIpc) is 3.10. The van der Waals surface area contributed by atoms with Gasteiger partial charge in [-0.2, -0.15) is 0 Å². The molecule has 10 heteroatoms. The topological polar surface area (TPSA) is 114 Å². The van der Waals surface area contributed by atoms with Crippen LogP contribution in [0, 0.1) is 6.92 Å². The van der Waals surface area contributed by atoms with Gasteiger partial charge < -0.3 is 19.7 Å². The minimum atomic E-state index is -0.818. The van der Waals surface area contributed by atoms with Gasteiger partial charge in [-0.05, 0) is 31.9 Å². The van der Waals surface area contributed by atoms with E-state index < -0.39 is 24.0 Å². The van der Waals surface area contributed by atoms with Crippen molar-refractivity contribution in [2.75, 3.05) is 31.6 Å².